The highest BCUT2D eigenvalue weighted by atomic mass is 32.2. The van der Waals surface area contributed by atoms with E-state index in [1.54, 1.807) is 37.8 Å². The summed E-state index contributed by atoms with van der Waals surface area (Å²) in [6.07, 6.45) is 1.48. The Morgan fingerprint density at radius 3 is 2.26 bits per heavy atom. The predicted molar refractivity (Wildman–Crippen MR) is 128 cm³/mol. The Labute approximate surface area is 208 Å². The van der Waals surface area contributed by atoms with E-state index in [0.29, 0.717) is 55.7 Å². The molecule has 0 spiro atoms. The van der Waals surface area contributed by atoms with Crippen molar-refractivity contribution >= 4 is 33.1 Å². The zero-order chi connectivity index (χ0) is 25.4. The number of piperidine rings is 1. The molecule has 190 valence electrons. The molecule has 2 fully saturated rings. The summed E-state index contributed by atoms with van der Waals surface area (Å²) >= 11 is 0.637. The Kier molecular flexibility index (Phi) is 7.31. The number of likely N-dealkylation sites (tertiary alicyclic amines) is 1. The van der Waals surface area contributed by atoms with E-state index < -0.39 is 38.5 Å². The fourth-order valence-electron chi connectivity index (χ4n) is 3.87. The van der Waals surface area contributed by atoms with Crippen LogP contribution in [0, 0.1) is 5.13 Å². The van der Waals surface area contributed by atoms with Crippen LogP contribution in [0.2, 0.25) is 0 Å². The van der Waals surface area contributed by atoms with Crippen molar-refractivity contribution in [3.05, 3.63) is 46.2 Å². The van der Waals surface area contributed by atoms with Crippen molar-refractivity contribution in [2.24, 2.45) is 0 Å². The maximum absolute atomic E-state index is 13.6. The van der Waals surface area contributed by atoms with Crippen LogP contribution < -0.4 is 0 Å². The van der Waals surface area contributed by atoms with Crippen LogP contribution in [0.25, 0.3) is 0 Å². The van der Waals surface area contributed by atoms with Crippen molar-refractivity contribution in [1.82, 2.24) is 9.88 Å². The van der Waals surface area contributed by atoms with Crippen LogP contribution in [0.15, 0.2) is 35.4 Å². The lowest BCUT2D eigenvalue weighted by atomic mass is 10.0. The fraction of sp³-hybridized carbons (Fsp3) is 0.542. The lowest BCUT2D eigenvalue weighted by Crippen LogP contribution is -2.44. The van der Waals surface area contributed by atoms with E-state index in [1.165, 1.54) is 12.1 Å². The molecule has 0 radical (unpaired) electrons. The minimum absolute atomic E-state index is 0.0200. The van der Waals surface area contributed by atoms with Crippen LogP contribution in [0.4, 0.5) is 9.18 Å². The number of hydrogen-bond donors (Lipinski definition) is 0. The molecule has 35 heavy (non-hydrogen) atoms. The van der Waals surface area contributed by atoms with Gasteiger partial charge in [-0.3, -0.25) is 4.79 Å². The van der Waals surface area contributed by atoms with Gasteiger partial charge in [0, 0.05) is 13.1 Å². The third kappa shape index (κ3) is 6.25. The van der Waals surface area contributed by atoms with Gasteiger partial charge in [-0.15, -0.1) is 0 Å². The number of carbonyl (C=O) groups excluding carboxylic acids is 2. The molecule has 2 aliphatic rings. The Balaban J connectivity index is 1.49. The molecule has 1 atom stereocenters. The SMILES string of the molecule is CC(C)(C)OC(=O)N1CCC(OC(C(=O)c2ncc(F)s2)c2ccc(S(=O)(=O)C3CC3)cc2)CC1. The first kappa shape index (κ1) is 25.7. The monoisotopic (exact) mass is 524 g/mol. The van der Waals surface area contributed by atoms with Crippen molar-refractivity contribution in [3.8, 4) is 0 Å². The molecule has 2 heterocycles. The number of rotatable bonds is 7. The number of nitrogens with zero attached hydrogens (tertiary/aromatic N) is 2. The van der Waals surface area contributed by atoms with Gasteiger partial charge in [0.2, 0.25) is 5.78 Å². The Bertz CT molecular complexity index is 1180. The number of halogens is 1. The van der Waals surface area contributed by atoms with Gasteiger partial charge in [0.25, 0.3) is 0 Å². The minimum atomic E-state index is -3.37. The number of ketones is 1. The van der Waals surface area contributed by atoms with Crippen LogP contribution in [0.5, 0.6) is 0 Å². The van der Waals surface area contributed by atoms with Crippen molar-refractivity contribution in [3.63, 3.8) is 0 Å². The first-order valence-corrected chi connectivity index (χ1v) is 13.9. The summed E-state index contributed by atoms with van der Waals surface area (Å²) in [5.41, 5.74) is -0.126. The Morgan fingerprint density at radius 1 is 1.11 bits per heavy atom. The Morgan fingerprint density at radius 2 is 1.74 bits per heavy atom. The zero-order valence-electron chi connectivity index (χ0n) is 19.9. The number of ether oxygens (including phenoxy) is 2. The zero-order valence-corrected chi connectivity index (χ0v) is 21.5. The lowest BCUT2D eigenvalue weighted by Gasteiger charge is -2.34. The first-order valence-electron chi connectivity index (χ1n) is 11.6. The van der Waals surface area contributed by atoms with E-state index in [9.17, 15) is 22.4 Å². The van der Waals surface area contributed by atoms with Gasteiger partial charge < -0.3 is 14.4 Å². The predicted octanol–water partition coefficient (Wildman–Crippen LogP) is 4.56. The largest absolute Gasteiger partial charge is 0.444 e. The van der Waals surface area contributed by atoms with Crippen LogP contribution >= 0.6 is 11.3 Å². The summed E-state index contributed by atoms with van der Waals surface area (Å²) in [4.78, 5) is 31.2. The average molecular weight is 525 g/mol. The minimum Gasteiger partial charge on any atom is -0.444 e. The highest BCUT2D eigenvalue weighted by Gasteiger charge is 2.37. The molecule has 8 nitrogen and oxygen atoms in total. The van der Waals surface area contributed by atoms with Gasteiger partial charge in [-0.25, -0.2) is 18.2 Å². The topological polar surface area (TPSA) is 103 Å². The number of sulfone groups is 1. The maximum Gasteiger partial charge on any atom is 0.410 e. The lowest BCUT2D eigenvalue weighted by molar-refractivity contribution is -0.0378. The number of thiazole rings is 1. The third-order valence-electron chi connectivity index (χ3n) is 5.82. The van der Waals surface area contributed by atoms with E-state index in [4.69, 9.17) is 9.47 Å². The molecule has 0 N–H and O–H groups in total. The molecular weight excluding hydrogens is 495 g/mol. The van der Waals surface area contributed by atoms with Crippen molar-refractivity contribution < 1.29 is 31.9 Å². The van der Waals surface area contributed by atoms with Gasteiger partial charge >= 0.3 is 6.09 Å². The van der Waals surface area contributed by atoms with Crippen LogP contribution in [-0.2, 0) is 19.3 Å². The molecule has 0 bridgehead atoms. The molecule has 11 heteroatoms. The van der Waals surface area contributed by atoms with Crippen molar-refractivity contribution in [1.29, 1.82) is 0 Å². The number of benzene rings is 1. The van der Waals surface area contributed by atoms with Gasteiger partial charge in [0.1, 0.15) is 11.7 Å². The molecule has 1 saturated heterocycles. The van der Waals surface area contributed by atoms with Crippen LogP contribution in [0.1, 0.15) is 67.9 Å². The van der Waals surface area contributed by atoms with Crippen LogP contribution in [-0.4, -0.2) is 60.2 Å². The summed E-state index contributed by atoms with van der Waals surface area (Å²) in [6.45, 7) is 6.23. The van der Waals surface area contributed by atoms with E-state index in [1.807, 2.05) is 0 Å². The molecule has 1 aliphatic carbocycles. The van der Waals surface area contributed by atoms with Gasteiger partial charge in [-0.2, -0.15) is 4.39 Å². The second-order valence-corrected chi connectivity index (χ2v) is 13.0. The molecule has 1 aliphatic heterocycles. The molecule has 2 aromatic rings. The van der Waals surface area contributed by atoms with Crippen molar-refractivity contribution in [2.45, 2.75) is 74.4 Å². The van der Waals surface area contributed by atoms with E-state index in [2.05, 4.69) is 4.98 Å². The quantitative estimate of drug-likeness (QED) is 0.489. The molecule has 1 aromatic carbocycles. The number of aromatic nitrogens is 1. The summed E-state index contributed by atoms with van der Waals surface area (Å²) < 4.78 is 50.2. The number of carbonyl (C=O) groups is 2. The molecule has 1 unspecified atom stereocenters. The van der Waals surface area contributed by atoms with Gasteiger partial charge in [0.15, 0.2) is 20.0 Å². The average Bonchev–Trinajstić information content (AvgIpc) is 3.58. The second kappa shape index (κ2) is 9.94. The molecular formula is C24H29FN2O6S2. The van der Waals surface area contributed by atoms with Gasteiger partial charge in [0.05, 0.1) is 22.4 Å². The number of amides is 1. The second-order valence-electron chi connectivity index (χ2n) is 9.83. The molecule has 4 rings (SSSR count). The molecule has 1 saturated carbocycles. The summed E-state index contributed by atoms with van der Waals surface area (Å²) in [7, 11) is -3.37. The summed E-state index contributed by atoms with van der Waals surface area (Å²) in [5.74, 6) is -0.494. The summed E-state index contributed by atoms with van der Waals surface area (Å²) in [5, 5.41) is -0.938. The van der Waals surface area contributed by atoms with E-state index >= 15 is 0 Å². The van der Waals surface area contributed by atoms with Crippen molar-refractivity contribution in [2.75, 3.05) is 13.1 Å². The molecule has 1 amide bonds. The highest BCUT2D eigenvalue weighted by molar-refractivity contribution is 7.92. The van der Waals surface area contributed by atoms with Gasteiger partial charge in [-0.1, -0.05) is 23.5 Å². The van der Waals surface area contributed by atoms with E-state index in [0.717, 1.165) is 6.20 Å². The van der Waals surface area contributed by atoms with E-state index in [-0.39, 0.29) is 21.3 Å². The number of hydrogen-bond acceptors (Lipinski definition) is 8. The standard InChI is InChI=1S/C24H29FN2O6S2/c1-24(2,3)33-23(29)27-12-10-16(11-13-27)32-21(20(28)22-26-14-19(25)34-22)15-4-6-17(7-5-15)35(30,31)18-8-9-18/h4-7,14,16,18,21H,8-13H2,1-3H3. The molecule has 1 aromatic heterocycles. The number of Topliss-reactive ketones (excluding diaryl/α,β-unsaturated/α-hetero) is 1. The highest BCUT2D eigenvalue weighted by Crippen LogP contribution is 2.35. The third-order valence-corrected chi connectivity index (χ3v) is 8.90. The Hall–Kier alpha value is -2.37. The summed E-state index contributed by atoms with van der Waals surface area (Å²) in [6, 6.07) is 6.11. The normalized spacial score (nSPS) is 18.3. The first-order chi connectivity index (χ1) is 16.4. The maximum atomic E-state index is 13.6. The smallest absolute Gasteiger partial charge is 0.410 e. The fourth-order valence-corrected chi connectivity index (χ4v) is 6.13. The van der Waals surface area contributed by atoms with Crippen LogP contribution in [0.3, 0.4) is 0 Å². The van der Waals surface area contributed by atoms with Gasteiger partial charge in [-0.05, 0) is 64.2 Å².